The van der Waals surface area contributed by atoms with Crippen molar-refractivity contribution >= 4 is 5.91 Å². The molecule has 0 aliphatic heterocycles. The molecule has 0 bridgehead atoms. The fourth-order valence-corrected chi connectivity index (χ4v) is 1.51. The van der Waals surface area contributed by atoms with Crippen molar-refractivity contribution < 1.29 is 14.6 Å². The second-order valence-corrected chi connectivity index (χ2v) is 4.34. The summed E-state index contributed by atoms with van der Waals surface area (Å²) < 4.78 is 5.34. The fraction of sp³-hybridized carbons (Fsp3) is 0.462. The Balaban J connectivity index is 1.73. The highest BCUT2D eigenvalue weighted by atomic mass is 16.5. The summed E-state index contributed by atoms with van der Waals surface area (Å²) in [6, 6.07) is 7.10. The number of hydrogen-bond acceptors (Lipinski definition) is 3. The lowest BCUT2D eigenvalue weighted by molar-refractivity contribution is -0.123. The first kappa shape index (κ1) is 11.9. The summed E-state index contributed by atoms with van der Waals surface area (Å²) in [7, 11) is 0. The molecule has 1 fully saturated rings. The highest BCUT2D eigenvalue weighted by Crippen LogP contribution is 2.27. The lowest BCUT2D eigenvalue weighted by atomic mass is 10.2. The number of ether oxygens (including phenoxy) is 1. The van der Waals surface area contributed by atoms with Crippen molar-refractivity contribution in [3.63, 3.8) is 0 Å². The van der Waals surface area contributed by atoms with Gasteiger partial charge >= 0.3 is 0 Å². The van der Waals surface area contributed by atoms with Crippen LogP contribution >= 0.6 is 0 Å². The van der Waals surface area contributed by atoms with E-state index < -0.39 is 0 Å². The maximum atomic E-state index is 11.4. The van der Waals surface area contributed by atoms with Crippen LogP contribution in [-0.4, -0.2) is 24.2 Å². The predicted molar refractivity (Wildman–Crippen MR) is 63.6 cm³/mol. The summed E-state index contributed by atoms with van der Waals surface area (Å²) in [4.78, 5) is 11.4. The second-order valence-electron chi connectivity index (χ2n) is 4.34. The third-order valence-corrected chi connectivity index (χ3v) is 2.74. The first-order valence-electron chi connectivity index (χ1n) is 5.87. The van der Waals surface area contributed by atoms with Crippen LogP contribution in [0.25, 0.3) is 0 Å². The van der Waals surface area contributed by atoms with E-state index in [-0.39, 0.29) is 19.1 Å². The topological polar surface area (TPSA) is 58.6 Å². The molecule has 17 heavy (non-hydrogen) atoms. The lowest BCUT2D eigenvalue weighted by Gasteiger charge is -2.07. The Bertz CT molecular complexity index is 388. The van der Waals surface area contributed by atoms with Crippen LogP contribution in [0, 0.1) is 5.92 Å². The van der Waals surface area contributed by atoms with Crippen LogP contribution in [0.5, 0.6) is 5.75 Å². The molecule has 0 radical (unpaired) electrons. The van der Waals surface area contributed by atoms with Gasteiger partial charge in [0, 0.05) is 6.54 Å². The van der Waals surface area contributed by atoms with Gasteiger partial charge in [-0.15, -0.1) is 0 Å². The average Bonchev–Trinajstić information content (AvgIpc) is 3.18. The van der Waals surface area contributed by atoms with Gasteiger partial charge in [-0.05, 0) is 36.5 Å². The first-order valence-corrected chi connectivity index (χ1v) is 5.87. The normalized spacial score (nSPS) is 14.4. The van der Waals surface area contributed by atoms with Crippen molar-refractivity contribution in [1.29, 1.82) is 0 Å². The Hall–Kier alpha value is -1.55. The Morgan fingerprint density at radius 3 is 3.00 bits per heavy atom. The summed E-state index contributed by atoms with van der Waals surface area (Å²) in [6.45, 7) is 0.769. The summed E-state index contributed by atoms with van der Waals surface area (Å²) in [5, 5.41) is 11.8. The Morgan fingerprint density at radius 1 is 1.47 bits per heavy atom. The first-order chi connectivity index (χ1) is 8.28. The van der Waals surface area contributed by atoms with Crippen molar-refractivity contribution in [3.05, 3.63) is 29.8 Å². The van der Waals surface area contributed by atoms with Gasteiger partial charge in [0.1, 0.15) is 5.75 Å². The molecule has 0 saturated heterocycles. The van der Waals surface area contributed by atoms with Gasteiger partial charge in [0.25, 0.3) is 5.91 Å². The van der Waals surface area contributed by atoms with Gasteiger partial charge in [-0.2, -0.15) is 0 Å². The maximum absolute atomic E-state index is 11.4. The zero-order valence-electron chi connectivity index (χ0n) is 9.69. The summed E-state index contributed by atoms with van der Waals surface area (Å²) >= 11 is 0. The molecular formula is C13H17NO3. The van der Waals surface area contributed by atoms with Crippen LogP contribution in [0.4, 0.5) is 0 Å². The SMILES string of the molecule is O=C(COc1cccc(CO)c1)NCC1CC1. The maximum Gasteiger partial charge on any atom is 0.257 e. The summed E-state index contributed by atoms with van der Waals surface area (Å²) in [6.07, 6.45) is 2.44. The van der Waals surface area contributed by atoms with Crippen LogP contribution in [-0.2, 0) is 11.4 Å². The molecule has 0 unspecified atom stereocenters. The van der Waals surface area contributed by atoms with Crippen LogP contribution in [0.2, 0.25) is 0 Å². The van der Waals surface area contributed by atoms with E-state index in [9.17, 15) is 4.79 Å². The molecule has 1 aliphatic carbocycles. The zero-order chi connectivity index (χ0) is 12.1. The van der Waals surface area contributed by atoms with E-state index in [0.29, 0.717) is 11.7 Å². The molecule has 1 saturated carbocycles. The molecule has 92 valence electrons. The monoisotopic (exact) mass is 235 g/mol. The second kappa shape index (κ2) is 5.68. The zero-order valence-corrected chi connectivity index (χ0v) is 9.69. The van der Waals surface area contributed by atoms with Gasteiger partial charge in [0.15, 0.2) is 6.61 Å². The van der Waals surface area contributed by atoms with E-state index in [1.54, 1.807) is 24.3 Å². The molecule has 2 N–H and O–H groups in total. The number of aliphatic hydroxyl groups excluding tert-OH is 1. The van der Waals surface area contributed by atoms with E-state index in [2.05, 4.69) is 5.32 Å². The highest BCUT2D eigenvalue weighted by Gasteiger charge is 2.21. The van der Waals surface area contributed by atoms with Crippen molar-refractivity contribution in [1.82, 2.24) is 5.32 Å². The van der Waals surface area contributed by atoms with Gasteiger partial charge in [0.2, 0.25) is 0 Å². The molecule has 1 amide bonds. The largest absolute Gasteiger partial charge is 0.484 e. The number of rotatable bonds is 6. The smallest absolute Gasteiger partial charge is 0.257 e. The number of benzene rings is 1. The third kappa shape index (κ3) is 4.07. The summed E-state index contributed by atoms with van der Waals surface area (Å²) in [5.41, 5.74) is 0.779. The van der Waals surface area contributed by atoms with Crippen LogP contribution < -0.4 is 10.1 Å². The molecule has 2 rings (SSSR count). The van der Waals surface area contributed by atoms with E-state index in [4.69, 9.17) is 9.84 Å². The minimum Gasteiger partial charge on any atom is -0.484 e. The number of carbonyl (C=O) groups excluding carboxylic acids is 1. The number of nitrogens with one attached hydrogen (secondary N) is 1. The van der Waals surface area contributed by atoms with E-state index in [0.717, 1.165) is 12.1 Å². The molecule has 1 aromatic rings. The Kier molecular flexibility index (Phi) is 3.98. The van der Waals surface area contributed by atoms with E-state index in [1.165, 1.54) is 12.8 Å². The standard InChI is InChI=1S/C13H17NO3/c15-8-11-2-1-3-12(6-11)17-9-13(16)14-7-10-4-5-10/h1-3,6,10,15H,4-5,7-9H2,(H,14,16). The average molecular weight is 235 g/mol. The van der Waals surface area contributed by atoms with Gasteiger partial charge in [0.05, 0.1) is 6.61 Å². The van der Waals surface area contributed by atoms with Gasteiger partial charge in [-0.3, -0.25) is 4.79 Å². The quantitative estimate of drug-likeness (QED) is 0.775. The summed E-state index contributed by atoms with van der Waals surface area (Å²) in [5.74, 6) is 1.20. The molecule has 0 aromatic heterocycles. The van der Waals surface area contributed by atoms with E-state index >= 15 is 0 Å². The van der Waals surface area contributed by atoms with Crippen molar-refractivity contribution in [2.24, 2.45) is 5.92 Å². The number of hydrogen-bond donors (Lipinski definition) is 2. The van der Waals surface area contributed by atoms with Crippen molar-refractivity contribution in [2.75, 3.05) is 13.2 Å². The highest BCUT2D eigenvalue weighted by molar-refractivity contribution is 5.77. The molecule has 4 nitrogen and oxygen atoms in total. The Morgan fingerprint density at radius 2 is 2.29 bits per heavy atom. The van der Waals surface area contributed by atoms with Crippen molar-refractivity contribution in [2.45, 2.75) is 19.4 Å². The molecule has 0 heterocycles. The molecular weight excluding hydrogens is 218 g/mol. The van der Waals surface area contributed by atoms with E-state index in [1.807, 2.05) is 0 Å². The molecule has 4 heteroatoms. The molecule has 1 aliphatic rings. The number of amides is 1. The minimum absolute atomic E-state index is 0.0227. The molecule has 0 atom stereocenters. The molecule has 1 aromatic carbocycles. The van der Waals surface area contributed by atoms with Crippen molar-refractivity contribution in [3.8, 4) is 5.75 Å². The third-order valence-electron chi connectivity index (χ3n) is 2.74. The van der Waals surface area contributed by atoms with Gasteiger partial charge < -0.3 is 15.2 Å². The van der Waals surface area contributed by atoms with Gasteiger partial charge in [-0.1, -0.05) is 12.1 Å². The number of carbonyl (C=O) groups is 1. The molecule has 0 spiro atoms. The predicted octanol–water partition coefficient (Wildman–Crippen LogP) is 1.08. The van der Waals surface area contributed by atoms with Crippen LogP contribution in [0.3, 0.4) is 0 Å². The van der Waals surface area contributed by atoms with Crippen LogP contribution in [0.1, 0.15) is 18.4 Å². The lowest BCUT2D eigenvalue weighted by Crippen LogP contribution is -2.30. The fourth-order valence-electron chi connectivity index (χ4n) is 1.51. The van der Waals surface area contributed by atoms with Crippen LogP contribution in [0.15, 0.2) is 24.3 Å². The number of aliphatic hydroxyl groups is 1. The van der Waals surface area contributed by atoms with Gasteiger partial charge in [-0.25, -0.2) is 0 Å². The Labute approximate surface area is 101 Å². The minimum atomic E-state index is -0.0914.